The number of fused-ring (bicyclic) bond motifs is 1. The molecule has 170 valence electrons. The summed E-state index contributed by atoms with van der Waals surface area (Å²) in [6.07, 6.45) is -3.66. The van der Waals surface area contributed by atoms with E-state index in [-0.39, 0.29) is 23.4 Å². The van der Waals surface area contributed by atoms with Crippen molar-refractivity contribution in [3.05, 3.63) is 40.0 Å². The second kappa shape index (κ2) is 8.40. The molecule has 1 aromatic carbocycles. The maximum atomic E-state index is 12.0. The van der Waals surface area contributed by atoms with Crippen LogP contribution in [0.5, 0.6) is 0 Å². The number of likely N-dealkylation sites (N-methyl/N-ethyl adjacent to an activating group) is 1. The van der Waals surface area contributed by atoms with E-state index in [2.05, 4.69) is 42.9 Å². The fraction of sp³-hybridized carbons (Fsp3) is 0.368. The van der Waals surface area contributed by atoms with Crippen molar-refractivity contribution in [2.24, 2.45) is 0 Å². The number of imidazole rings is 1. The summed E-state index contributed by atoms with van der Waals surface area (Å²) >= 11 is 2.08. The molecule has 12 nitrogen and oxygen atoms in total. The van der Waals surface area contributed by atoms with Crippen LogP contribution in [-0.4, -0.2) is 72.2 Å². The van der Waals surface area contributed by atoms with Gasteiger partial charge in [-0.2, -0.15) is 0 Å². The molecule has 1 aliphatic heterocycles. The summed E-state index contributed by atoms with van der Waals surface area (Å²) in [5.41, 5.74) is 12.0. The second-order valence-corrected chi connectivity index (χ2v) is 8.66. The molecule has 0 radical (unpaired) electrons. The number of rotatable bonds is 5. The van der Waals surface area contributed by atoms with Crippen LogP contribution in [0, 0.1) is 3.57 Å². The summed E-state index contributed by atoms with van der Waals surface area (Å²) in [6, 6.07) is 5.28. The Morgan fingerprint density at radius 2 is 2.09 bits per heavy atom. The number of amides is 1. The molecule has 4 rings (SSSR count). The predicted octanol–water partition coefficient (Wildman–Crippen LogP) is -1.28. The maximum absolute atomic E-state index is 12.0. The van der Waals surface area contributed by atoms with E-state index in [9.17, 15) is 20.1 Å². The van der Waals surface area contributed by atoms with Gasteiger partial charge in [-0.1, -0.05) is 6.07 Å². The Morgan fingerprint density at radius 1 is 1.34 bits per heavy atom. The number of hydrogen-bond donors (Lipinski definition) is 6. The van der Waals surface area contributed by atoms with E-state index in [0.717, 1.165) is 3.57 Å². The number of hydrogen-bond acceptors (Lipinski definition) is 10. The van der Waals surface area contributed by atoms with Crippen LogP contribution >= 0.6 is 22.6 Å². The van der Waals surface area contributed by atoms with Crippen LogP contribution < -0.4 is 16.8 Å². The lowest BCUT2D eigenvalue weighted by Crippen LogP contribution is -2.47. The molecule has 1 fully saturated rings. The van der Waals surface area contributed by atoms with E-state index >= 15 is 0 Å². The number of ether oxygens (including phenoxy) is 1. The first kappa shape index (κ1) is 22.6. The van der Waals surface area contributed by atoms with Gasteiger partial charge in [-0.15, -0.1) is 0 Å². The molecule has 1 aliphatic rings. The molecule has 1 amide bonds. The highest BCUT2D eigenvalue weighted by molar-refractivity contribution is 14.1. The first-order valence-electron chi connectivity index (χ1n) is 9.61. The summed E-state index contributed by atoms with van der Waals surface area (Å²) in [5, 5.41) is 34.7. The molecule has 5 atom stereocenters. The fourth-order valence-electron chi connectivity index (χ4n) is 3.90. The Balaban J connectivity index is 1.87. The van der Waals surface area contributed by atoms with Gasteiger partial charge in [-0.05, 0) is 40.3 Å². The van der Waals surface area contributed by atoms with Gasteiger partial charge < -0.3 is 36.8 Å². The zero-order chi connectivity index (χ0) is 23.2. The number of nitrogens with one attached hydrogen (secondary N) is 1. The molecule has 0 saturated carbocycles. The molecule has 32 heavy (non-hydrogen) atoms. The average Bonchev–Trinajstić information content (AvgIpc) is 3.32. The smallest absolute Gasteiger partial charge is 0.251 e. The van der Waals surface area contributed by atoms with Crippen molar-refractivity contribution < 1.29 is 24.9 Å². The Bertz CT molecular complexity index is 1170. The summed E-state index contributed by atoms with van der Waals surface area (Å²) in [7, 11) is 1.34. The van der Waals surface area contributed by atoms with Crippen molar-refractivity contribution >= 4 is 51.2 Å². The number of carbonyl (C=O) groups excluding carboxylic acids is 1. The lowest BCUT2D eigenvalue weighted by molar-refractivity contribution is -0.166. The van der Waals surface area contributed by atoms with Crippen molar-refractivity contribution in [1.82, 2.24) is 24.8 Å². The summed E-state index contributed by atoms with van der Waals surface area (Å²) in [4.78, 5) is 24.4. The van der Waals surface area contributed by atoms with Crippen LogP contribution in [0.4, 0.5) is 11.5 Å². The van der Waals surface area contributed by atoms with Gasteiger partial charge in [-0.25, -0.2) is 15.0 Å². The van der Waals surface area contributed by atoms with Crippen LogP contribution in [0.2, 0.25) is 0 Å². The lowest BCUT2D eigenvalue weighted by Gasteiger charge is -2.34. The van der Waals surface area contributed by atoms with Gasteiger partial charge in [0.2, 0.25) is 0 Å². The van der Waals surface area contributed by atoms with Crippen LogP contribution in [0.25, 0.3) is 11.2 Å². The largest absolute Gasteiger partial charge is 0.398 e. The molecular formula is C19H22IN7O5. The van der Waals surface area contributed by atoms with E-state index in [4.69, 9.17) is 16.2 Å². The Hall–Kier alpha value is -2.59. The normalized spacial score (nSPS) is 26.3. The molecule has 3 heterocycles. The summed E-state index contributed by atoms with van der Waals surface area (Å²) in [6.45, 7) is 0. The van der Waals surface area contributed by atoms with Gasteiger partial charge in [0.25, 0.3) is 5.91 Å². The van der Waals surface area contributed by atoms with Crippen molar-refractivity contribution in [2.45, 2.75) is 36.6 Å². The zero-order valence-electron chi connectivity index (χ0n) is 16.9. The minimum absolute atomic E-state index is 0.0356. The molecule has 0 bridgehead atoms. The summed E-state index contributed by atoms with van der Waals surface area (Å²) in [5.74, 6) is -0.637. The molecular weight excluding hydrogens is 533 g/mol. The fourth-order valence-corrected chi connectivity index (χ4v) is 4.48. The minimum atomic E-state index is -1.73. The van der Waals surface area contributed by atoms with Gasteiger partial charge in [-0.3, -0.25) is 9.36 Å². The van der Waals surface area contributed by atoms with Gasteiger partial charge in [0, 0.05) is 22.7 Å². The standard InChI is InChI=1S/C19H22IN7O5/c1-23-18(31)13(29)14-12(28)15(30)19(32-14,5-8-2-3-10(21)9(20)4-8)27-7-26-11-16(22)24-6-25-17(11)27/h2-4,6-7,12-15,28-30H,5,21H2,1H3,(H,23,31)(H2,22,24,25)/t12-,13?,14+,15-,19-/m1/s1. The van der Waals surface area contributed by atoms with E-state index in [1.807, 2.05) is 6.07 Å². The molecule has 8 N–H and O–H groups in total. The molecule has 1 saturated heterocycles. The Kier molecular flexibility index (Phi) is 5.93. The lowest BCUT2D eigenvalue weighted by atomic mass is 9.93. The maximum Gasteiger partial charge on any atom is 0.251 e. The molecule has 0 aliphatic carbocycles. The van der Waals surface area contributed by atoms with E-state index in [0.29, 0.717) is 11.3 Å². The highest BCUT2D eigenvalue weighted by Gasteiger charge is 2.58. The number of aliphatic hydroxyl groups is 3. The Morgan fingerprint density at radius 3 is 2.78 bits per heavy atom. The minimum Gasteiger partial charge on any atom is -0.398 e. The van der Waals surface area contributed by atoms with Crippen LogP contribution in [-0.2, 0) is 21.7 Å². The zero-order valence-corrected chi connectivity index (χ0v) is 19.0. The third-order valence-corrected chi connectivity index (χ3v) is 6.51. The van der Waals surface area contributed by atoms with Gasteiger partial charge in [0.05, 0.1) is 6.33 Å². The Labute approximate surface area is 195 Å². The van der Waals surface area contributed by atoms with Crippen molar-refractivity contribution in [3.63, 3.8) is 0 Å². The van der Waals surface area contributed by atoms with E-state index in [1.54, 1.807) is 12.1 Å². The van der Waals surface area contributed by atoms with Crippen molar-refractivity contribution in [1.29, 1.82) is 0 Å². The molecule has 1 unspecified atom stereocenters. The van der Waals surface area contributed by atoms with E-state index in [1.165, 1.54) is 24.3 Å². The number of nitrogen functional groups attached to an aromatic ring is 2. The topological polar surface area (TPSA) is 195 Å². The molecule has 3 aromatic rings. The van der Waals surface area contributed by atoms with Gasteiger partial charge >= 0.3 is 0 Å². The average molecular weight is 555 g/mol. The van der Waals surface area contributed by atoms with Crippen LogP contribution in [0.1, 0.15) is 5.56 Å². The number of anilines is 2. The number of aromatic nitrogens is 4. The number of carbonyl (C=O) groups is 1. The first-order chi connectivity index (χ1) is 15.2. The van der Waals surface area contributed by atoms with Crippen LogP contribution in [0.3, 0.4) is 0 Å². The highest BCUT2D eigenvalue weighted by atomic mass is 127. The number of halogens is 1. The monoisotopic (exact) mass is 555 g/mol. The predicted molar refractivity (Wildman–Crippen MR) is 122 cm³/mol. The van der Waals surface area contributed by atoms with Crippen molar-refractivity contribution in [3.8, 4) is 0 Å². The van der Waals surface area contributed by atoms with Crippen LogP contribution in [0.15, 0.2) is 30.9 Å². The third kappa shape index (κ3) is 3.55. The molecule has 13 heteroatoms. The number of benzene rings is 1. The SMILES string of the molecule is CNC(=O)C(O)[C@H]1O[C@@](Cc2ccc(N)c(I)c2)(n2cnc3c(N)ncnc32)[C@H](O)[C@@H]1O. The quantitative estimate of drug-likeness (QED) is 0.163. The first-order valence-corrected chi connectivity index (χ1v) is 10.7. The third-order valence-electron chi connectivity index (χ3n) is 5.58. The molecule has 2 aromatic heterocycles. The van der Waals surface area contributed by atoms with Crippen molar-refractivity contribution in [2.75, 3.05) is 18.5 Å². The van der Waals surface area contributed by atoms with E-state index < -0.39 is 36.0 Å². The highest BCUT2D eigenvalue weighted by Crippen LogP contribution is 2.41. The summed E-state index contributed by atoms with van der Waals surface area (Å²) < 4.78 is 8.33. The number of nitrogens with two attached hydrogens (primary N) is 2. The number of nitrogens with zero attached hydrogens (tertiary/aromatic N) is 4. The second-order valence-electron chi connectivity index (χ2n) is 7.50. The number of aliphatic hydroxyl groups excluding tert-OH is 3. The van der Waals surface area contributed by atoms with Gasteiger partial charge in [0.15, 0.2) is 23.3 Å². The van der Waals surface area contributed by atoms with Gasteiger partial charge in [0.1, 0.15) is 30.2 Å². The molecule has 0 spiro atoms.